The average Bonchev–Trinajstić information content (AvgIpc) is 4.11. The molecule has 16 nitrogen and oxygen atoms in total. The highest BCUT2D eigenvalue weighted by molar-refractivity contribution is 7.91. The molecule has 3 heterocycles. The number of ether oxygens (including phenoxy) is 3. The highest BCUT2D eigenvalue weighted by atomic mass is 32.2. The van der Waals surface area contributed by atoms with Gasteiger partial charge in [-0.2, -0.15) is 4.98 Å². The second kappa shape index (κ2) is 15.2. The van der Waals surface area contributed by atoms with Gasteiger partial charge in [0.15, 0.2) is 0 Å². The van der Waals surface area contributed by atoms with E-state index in [1.54, 1.807) is 39.0 Å². The van der Waals surface area contributed by atoms with E-state index in [-0.39, 0.29) is 43.1 Å². The number of benzene rings is 1. The number of methoxy groups -OCH3 is 1. The maximum Gasteiger partial charge on any atom is 0.408 e. The van der Waals surface area contributed by atoms with Gasteiger partial charge in [-0.25, -0.2) is 22.0 Å². The normalized spacial score (nSPS) is 32.4. The predicted octanol–water partition coefficient (Wildman–Crippen LogP) is 3.24. The standard InChI is InChI=1S/C40H52F2N6O10S/c1-39(2,3)31-35(51)48-19-22(17-29(48)33(49)45-40(18-27(40)32(41)42)36(52)46-59(54,55)23-10-11-23)57-37-43-28-16-21(56-4)9-12-25(28)34(50)47(37)13-7-5-6-8-24-26-14-20(26)15-30(24)58-38(53)44-31/h9,12,16,20,22-24,26-27,29-32H,5-8,10-11,13-15,17-19H2,1-4H3,(H,44,53)(H,45,49)(H,46,52)/t20?,22-,24-,26+,27+,29+,30-,31-,40-/m1/s1. The first-order valence-corrected chi connectivity index (χ1v) is 22.1. The number of hydrogen-bond acceptors (Lipinski definition) is 11. The van der Waals surface area contributed by atoms with Gasteiger partial charge in [0.1, 0.15) is 35.6 Å². The van der Waals surface area contributed by atoms with Crippen LogP contribution in [0.15, 0.2) is 23.0 Å². The molecule has 322 valence electrons. The zero-order chi connectivity index (χ0) is 42.2. The topological polar surface area (TPSA) is 204 Å². The van der Waals surface area contributed by atoms with Gasteiger partial charge in [0.2, 0.25) is 28.3 Å². The Labute approximate surface area is 340 Å². The van der Waals surface area contributed by atoms with Crippen molar-refractivity contribution >= 4 is 44.7 Å². The number of carbonyl (C=O) groups excluding carboxylic acids is 4. The third-order valence-electron chi connectivity index (χ3n) is 13.1. The van der Waals surface area contributed by atoms with E-state index < -0.39 is 87.0 Å². The summed E-state index contributed by atoms with van der Waals surface area (Å²) in [5, 5.41) is 4.69. The Kier molecular flexibility index (Phi) is 10.6. The lowest BCUT2D eigenvalue weighted by molar-refractivity contribution is -0.143. The highest BCUT2D eigenvalue weighted by Gasteiger charge is 2.67. The molecule has 1 saturated heterocycles. The van der Waals surface area contributed by atoms with Crippen LogP contribution >= 0.6 is 0 Å². The second-order valence-electron chi connectivity index (χ2n) is 18.3. The van der Waals surface area contributed by atoms with Crippen LogP contribution in [-0.4, -0.2) is 102 Å². The summed E-state index contributed by atoms with van der Waals surface area (Å²) < 4.78 is 75.0. The van der Waals surface area contributed by atoms with Gasteiger partial charge in [0, 0.05) is 19.0 Å². The number of nitrogens with zero attached hydrogens (tertiary/aromatic N) is 3. The van der Waals surface area contributed by atoms with Crippen LogP contribution in [-0.2, 0) is 35.7 Å². The van der Waals surface area contributed by atoms with Crippen LogP contribution in [0, 0.1) is 29.1 Å². The number of halogens is 2. The molecule has 8 rings (SSSR count). The summed E-state index contributed by atoms with van der Waals surface area (Å²) in [6.45, 7) is 5.20. The lowest BCUT2D eigenvalue weighted by Crippen LogP contribution is -2.60. The first-order valence-electron chi connectivity index (χ1n) is 20.6. The lowest BCUT2D eigenvalue weighted by Gasteiger charge is -2.36. The van der Waals surface area contributed by atoms with Gasteiger partial charge in [-0.15, -0.1) is 0 Å². The number of amides is 4. The van der Waals surface area contributed by atoms with Crippen LogP contribution < -0.4 is 30.4 Å². The average molecular weight is 847 g/mol. The molecule has 2 bridgehead atoms. The molecular weight excluding hydrogens is 795 g/mol. The molecule has 59 heavy (non-hydrogen) atoms. The molecule has 19 heteroatoms. The Morgan fingerprint density at radius 2 is 1.80 bits per heavy atom. The van der Waals surface area contributed by atoms with Crippen LogP contribution in [0.2, 0.25) is 0 Å². The Morgan fingerprint density at radius 1 is 1.03 bits per heavy atom. The fraction of sp³-hybridized carbons (Fsp3) is 0.700. The van der Waals surface area contributed by atoms with Crippen molar-refractivity contribution in [2.24, 2.45) is 29.1 Å². The van der Waals surface area contributed by atoms with Gasteiger partial charge >= 0.3 is 6.09 Å². The van der Waals surface area contributed by atoms with Crippen molar-refractivity contribution in [3.8, 4) is 11.8 Å². The third-order valence-corrected chi connectivity index (χ3v) is 14.9. The summed E-state index contributed by atoms with van der Waals surface area (Å²) in [6, 6.07) is 2.15. The highest BCUT2D eigenvalue weighted by Crippen LogP contribution is 2.58. The van der Waals surface area contributed by atoms with Crippen LogP contribution in [0.4, 0.5) is 13.6 Å². The SMILES string of the molecule is COc1ccc2c(=O)n3c(nc2c1)O[C@@H]1C[C@@H](C(=O)N[C@]2(C(=O)NS(=O)(=O)C4CC4)C[C@H]2C(F)F)N(C1)C(=O)[C@H](C(C)(C)C)NC(=O)O[C@@H]1CC2C[C@@H]2[C@H]1CCCCC3. The van der Waals surface area contributed by atoms with Crippen molar-refractivity contribution in [3.63, 3.8) is 0 Å². The molecule has 0 radical (unpaired) electrons. The number of alkyl carbamates (subject to hydrolysis) is 1. The molecule has 4 amide bonds. The summed E-state index contributed by atoms with van der Waals surface area (Å²) in [5.74, 6) is -3.10. The van der Waals surface area contributed by atoms with E-state index in [0.29, 0.717) is 47.8 Å². The number of alkyl halides is 2. The number of fused-ring (bicyclic) bond motifs is 7. The van der Waals surface area contributed by atoms with Crippen LogP contribution in [0.3, 0.4) is 0 Å². The van der Waals surface area contributed by atoms with E-state index in [1.165, 1.54) is 16.6 Å². The number of sulfonamides is 1. The minimum atomic E-state index is -4.16. The fourth-order valence-electron chi connectivity index (χ4n) is 9.44. The van der Waals surface area contributed by atoms with E-state index >= 15 is 0 Å². The first kappa shape index (κ1) is 41.2. The van der Waals surface area contributed by atoms with E-state index in [4.69, 9.17) is 19.2 Å². The molecule has 9 atom stereocenters. The maximum absolute atomic E-state index is 14.7. The van der Waals surface area contributed by atoms with Crippen LogP contribution in [0.5, 0.6) is 11.8 Å². The summed E-state index contributed by atoms with van der Waals surface area (Å²) >= 11 is 0. The molecule has 5 fully saturated rings. The monoisotopic (exact) mass is 846 g/mol. The molecule has 4 aliphatic carbocycles. The van der Waals surface area contributed by atoms with Crippen molar-refractivity contribution in [1.82, 2.24) is 29.8 Å². The maximum atomic E-state index is 14.7. The molecular formula is C40H52F2N6O10S. The van der Waals surface area contributed by atoms with Crippen molar-refractivity contribution in [2.45, 2.75) is 133 Å². The Bertz CT molecular complexity index is 2210. The molecule has 4 saturated carbocycles. The molecule has 3 N–H and O–H groups in total. The predicted molar refractivity (Wildman–Crippen MR) is 207 cm³/mol. The van der Waals surface area contributed by atoms with Gasteiger partial charge in [-0.3, -0.25) is 28.5 Å². The number of hydrogen-bond donors (Lipinski definition) is 3. The Balaban J connectivity index is 1.15. The lowest BCUT2D eigenvalue weighted by atomic mass is 9.85. The quantitative estimate of drug-likeness (QED) is 0.369. The number of nitrogens with one attached hydrogen (secondary N) is 3. The van der Waals surface area contributed by atoms with Gasteiger partial charge in [-0.05, 0) is 80.2 Å². The van der Waals surface area contributed by atoms with Crippen molar-refractivity contribution < 1.29 is 50.6 Å². The smallest absolute Gasteiger partial charge is 0.408 e. The van der Waals surface area contributed by atoms with Gasteiger partial charge in [-0.1, -0.05) is 33.6 Å². The summed E-state index contributed by atoms with van der Waals surface area (Å²) in [4.78, 5) is 76.1. The van der Waals surface area contributed by atoms with E-state index in [0.717, 1.165) is 32.1 Å². The molecule has 1 aromatic carbocycles. The fourth-order valence-corrected chi connectivity index (χ4v) is 10.8. The number of aromatic nitrogens is 2. The largest absolute Gasteiger partial charge is 0.497 e. The Morgan fingerprint density at radius 3 is 2.47 bits per heavy atom. The van der Waals surface area contributed by atoms with Gasteiger partial charge in [0.25, 0.3) is 17.5 Å². The zero-order valence-electron chi connectivity index (χ0n) is 33.6. The zero-order valence-corrected chi connectivity index (χ0v) is 34.4. The molecule has 2 aliphatic heterocycles. The van der Waals surface area contributed by atoms with E-state index in [9.17, 15) is 41.2 Å². The summed E-state index contributed by atoms with van der Waals surface area (Å²) in [6.07, 6.45) is -0.429. The molecule has 2 aromatic rings. The van der Waals surface area contributed by atoms with Crippen molar-refractivity contribution in [2.75, 3.05) is 13.7 Å². The summed E-state index contributed by atoms with van der Waals surface area (Å²) in [7, 11) is -2.68. The van der Waals surface area contributed by atoms with Crippen molar-refractivity contribution in [1.29, 1.82) is 0 Å². The molecule has 1 unspecified atom stereocenters. The minimum Gasteiger partial charge on any atom is -0.497 e. The van der Waals surface area contributed by atoms with Crippen molar-refractivity contribution in [3.05, 3.63) is 28.6 Å². The van der Waals surface area contributed by atoms with E-state index in [2.05, 4.69) is 10.6 Å². The van der Waals surface area contributed by atoms with E-state index in [1.807, 2.05) is 4.72 Å². The molecule has 6 aliphatic rings. The van der Waals surface area contributed by atoms with Gasteiger partial charge < -0.3 is 29.7 Å². The summed E-state index contributed by atoms with van der Waals surface area (Å²) in [5.41, 5.74) is -3.24. The van der Waals surface area contributed by atoms with Gasteiger partial charge in [0.05, 0.1) is 35.7 Å². The minimum absolute atomic E-state index is 0.0535. The van der Waals surface area contributed by atoms with Crippen LogP contribution in [0.1, 0.15) is 85.0 Å². The number of carbonyl (C=O) groups is 4. The second-order valence-corrected chi connectivity index (χ2v) is 20.3. The Hall–Kier alpha value is -4.55. The third kappa shape index (κ3) is 8.07. The first-order chi connectivity index (χ1) is 27.9. The molecule has 0 spiro atoms. The number of rotatable bonds is 7. The van der Waals surface area contributed by atoms with Crippen LogP contribution in [0.25, 0.3) is 10.9 Å². The molecule has 1 aromatic heterocycles.